The summed E-state index contributed by atoms with van der Waals surface area (Å²) in [5.74, 6) is 0. The summed E-state index contributed by atoms with van der Waals surface area (Å²) in [6.07, 6.45) is 1.42. The third-order valence-electron chi connectivity index (χ3n) is 6.37. The third-order valence-corrected chi connectivity index (χ3v) is 11.1. The Morgan fingerprint density at radius 1 is 0.906 bits per heavy atom. The van der Waals surface area contributed by atoms with Gasteiger partial charge in [-0.25, -0.2) is 0 Å². The van der Waals surface area contributed by atoms with Gasteiger partial charge in [0.05, 0.1) is 24.9 Å². The molecular weight excluding hydrogens is 414 g/mol. The highest BCUT2D eigenvalue weighted by atomic mass is 28.4. The lowest BCUT2D eigenvalue weighted by molar-refractivity contribution is -0.0275. The number of rotatable bonds is 16. The van der Waals surface area contributed by atoms with Gasteiger partial charge in [-0.1, -0.05) is 81.4 Å². The fourth-order valence-corrected chi connectivity index (χ4v) is 7.03. The lowest BCUT2D eigenvalue weighted by Gasteiger charge is -2.36. The van der Waals surface area contributed by atoms with Crippen molar-refractivity contribution in [3.63, 3.8) is 0 Å². The number of aliphatic hydroxyl groups is 1. The summed E-state index contributed by atoms with van der Waals surface area (Å²) in [6.45, 7) is 11.1. The van der Waals surface area contributed by atoms with E-state index in [-0.39, 0.29) is 6.10 Å². The lowest BCUT2D eigenvalue weighted by Crippen LogP contribution is -2.47. The van der Waals surface area contributed by atoms with Gasteiger partial charge < -0.3 is 19.6 Å². The number of nitrogens with one attached hydrogen (secondary N) is 1. The molecule has 0 saturated heterocycles. The first-order valence-electron chi connectivity index (χ1n) is 12.2. The zero-order chi connectivity index (χ0) is 23.3. The molecule has 0 spiro atoms. The summed E-state index contributed by atoms with van der Waals surface area (Å²) >= 11 is 0. The molecule has 32 heavy (non-hydrogen) atoms. The first-order chi connectivity index (χ1) is 15.4. The van der Waals surface area contributed by atoms with E-state index >= 15 is 0 Å². The van der Waals surface area contributed by atoms with Crippen molar-refractivity contribution >= 4 is 8.32 Å². The minimum absolute atomic E-state index is 0.101. The maximum Gasteiger partial charge on any atom is 0.192 e. The molecule has 0 aliphatic heterocycles. The molecule has 2 rings (SSSR count). The zero-order valence-electron chi connectivity index (χ0n) is 20.5. The van der Waals surface area contributed by atoms with Crippen molar-refractivity contribution in [3.8, 4) is 0 Å². The molecule has 0 aliphatic rings. The van der Waals surface area contributed by atoms with E-state index in [2.05, 4.69) is 62.5 Å². The normalized spacial score (nSPS) is 14.8. The Bertz CT molecular complexity index is 727. The molecule has 0 fully saturated rings. The smallest absolute Gasteiger partial charge is 0.192 e. The van der Waals surface area contributed by atoms with Crippen molar-refractivity contribution in [1.82, 2.24) is 5.32 Å². The third kappa shape index (κ3) is 9.55. The van der Waals surface area contributed by atoms with E-state index in [1.54, 1.807) is 0 Å². The molecule has 0 saturated carbocycles. The molecule has 2 atom stereocenters. The highest BCUT2D eigenvalue weighted by Crippen LogP contribution is 2.27. The van der Waals surface area contributed by atoms with Crippen molar-refractivity contribution in [3.05, 3.63) is 71.8 Å². The van der Waals surface area contributed by atoms with Crippen LogP contribution in [0.15, 0.2) is 60.7 Å². The maximum atomic E-state index is 11.1. The second-order valence-electron chi connectivity index (χ2n) is 9.10. The molecular formula is C27H43NO3Si. The average molecular weight is 458 g/mol. The van der Waals surface area contributed by atoms with Gasteiger partial charge in [0, 0.05) is 13.0 Å². The van der Waals surface area contributed by atoms with Gasteiger partial charge in [0.25, 0.3) is 0 Å². The van der Waals surface area contributed by atoms with Crippen LogP contribution in [0.1, 0.15) is 45.2 Å². The largest absolute Gasteiger partial charge is 0.411 e. The molecule has 4 nitrogen and oxygen atoms in total. The maximum absolute atomic E-state index is 11.1. The highest BCUT2D eigenvalue weighted by molar-refractivity contribution is 6.73. The second-order valence-corrected chi connectivity index (χ2v) is 13.8. The van der Waals surface area contributed by atoms with Crippen molar-refractivity contribution in [2.24, 2.45) is 0 Å². The second kappa shape index (κ2) is 13.9. The van der Waals surface area contributed by atoms with Gasteiger partial charge in [-0.05, 0) is 49.1 Å². The molecule has 0 unspecified atom stereocenters. The summed E-state index contributed by atoms with van der Waals surface area (Å²) < 4.78 is 12.8. The topological polar surface area (TPSA) is 50.7 Å². The molecule has 5 heteroatoms. The van der Waals surface area contributed by atoms with E-state index in [0.29, 0.717) is 26.2 Å². The summed E-state index contributed by atoms with van der Waals surface area (Å²) in [7, 11) is -1.80. The minimum Gasteiger partial charge on any atom is -0.411 e. The number of hydrogen-bond acceptors (Lipinski definition) is 4. The Labute approximate surface area is 196 Å². The number of hydrogen-bond donors (Lipinski definition) is 2. The monoisotopic (exact) mass is 457 g/mol. The van der Waals surface area contributed by atoms with Crippen LogP contribution in [0.5, 0.6) is 0 Å². The molecule has 2 N–H and O–H groups in total. The molecule has 0 aromatic heterocycles. The van der Waals surface area contributed by atoms with Crippen LogP contribution in [-0.4, -0.2) is 44.8 Å². The molecule has 0 aliphatic carbocycles. The van der Waals surface area contributed by atoms with Gasteiger partial charge in [0.2, 0.25) is 0 Å². The van der Waals surface area contributed by atoms with Crippen LogP contribution in [0.2, 0.25) is 18.1 Å². The predicted octanol–water partition coefficient (Wildman–Crippen LogP) is 5.57. The van der Waals surface area contributed by atoms with Crippen LogP contribution in [-0.2, 0) is 22.2 Å². The molecule has 0 radical (unpaired) electrons. The van der Waals surface area contributed by atoms with Gasteiger partial charge in [-0.2, -0.15) is 0 Å². The van der Waals surface area contributed by atoms with E-state index < -0.39 is 13.9 Å². The van der Waals surface area contributed by atoms with Crippen LogP contribution in [0, 0.1) is 0 Å². The minimum atomic E-state index is -1.80. The molecule has 0 heterocycles. The molecule has 0 amide bonds. The Hall–Kier alpha value is -1.50. The van der Waals surface area contributed by atoms with Crippen molar-refractivity contribution in [1.29, 1.82) is 0 Å². The van der Waals surface area contributed by atoms with Gasteiger partial charge >= 0.3 is 0 Å². The van der Waals surface area contributed by atoms with Crippen LogP contribution < -0.4 is 5.32 Å². The Morgan fingerprint density at radius 2 is 1.47 bits per heavy atom. The highest BCUT2D eigenvalue weighted by Gasteiger charge is 2.35. The quantitative estimate of drug-likeness (QED) is 0.256. The van der Waals surface area contributed by atoms with Crippen molar-refractivity contribution < 1.29 is 14.3 Å². The first kappa shape index (κ1) is 26.7. The fraction of sp³-hybridized carbons (Fsp3) is 0.556. The number of benzene rings is 2. The van der Waals surface area contributed by atoms with E-state index in [1.165, 1.54) is 5.56 Å². The molecule has 178 valence electrons. The molecule has 2 aromatic carbocycles. The number of ether oxygens (including phenoxy) is 1. The Balaban J connectivity index is 1.91. The average Bonchev–Trinajstić information content (AvgIpc) is 2.81. The Kier molecular flexibility index (Phi) is 11.6. The predicted molar refractivity (Wildman–Crippen MR) is 136 cm³/mol. The summed E-state index contributed by atoms with van der Waals surface area (Å²) in [5, 5.41) is 14.6. The van der Waals surface area contributed by atoms with Crippen LogP contribution in [0.4, 0.5) is 0 Å². The summed E-state index contributed by atoms with van der Waals surface area (Å²) in [6, 6.07) is 23.9. The van der Waals surface area contributed by atoms with Crippen molar-refractivity contribution in [2.45, 2.75) is 77.0 Å². The van der Waals surface area contributed by atoms with Gasteiger partial charge in [-0.3, -0.25) is 0 Å². The van der Waals surface area contributed by atoms with E-state index in [0.717, 1.165) is 36.7 Å². The van der Waals surface area contributed by atoms with E-state index in [9.17, 15) is 5.11 Å². The van der Waals surface area contributed by atoms with Crippen LogP contribution >= 0.6 is 0 Å². The molecule has 2 aromatic rings. The Morgan fingerprint density at radius 3 is 2.03 bits per heavy atom. The lowest BCUT2D eigenvalue weighted by atomic mass is 9.98. The zero-order valence-corrected chi connectivity index (χ0v) is 21.5. The van der Waals surface area contributed by atoms with E-state index in [4.69, 9.17) is 9.16 Å². The van der Waals surface area contributed by atoms with E-state index in [1.807, 2.05) is 31.2 Å². The summed E-state index contributed by atoms with van der Waals surface area (Å²) in [5.41, 5.74) is 1.61. The van der Waals surface area contributed by atoms with Gasteiger partial charge in [0.1, 0.15) is 0 Å². The van der Waals surface area contributed by atoms with Crippen LogP contribution in [0.3, 0.4) is 0 Å². The van der Waals surface area contributed by atoms with Crippen molar-refractivity contribution in [2.75, 3.05) is 19.7 Å². The standard InChI is InChI=1S/C27H43NO3Si/c1-5-32(6-2,7-3)31-26(22-30-21-25-16-12-9-13-17-25)20-27(4,29)23-28-19-18-24-14-10-8-11-15-24/h8-17,26,28-29H,5-7,18-23H2,1-4H3/t26-,27+/m0/s1. The SMILES string of the molecule is CC[Si](CC)(CC)O[C@H](COCc1ccccc1)C[C@@](C)(O)CNCCc1ccccc1. The van der Waals surface area contributed by atoms with Gasteiger partial charge in [0.15, 0.2) is 8.32 Å². The fourth-order valence-electron chi connectivity index (χ4n) is 4.17. The summed E-state index contributed by atoms with van der Waals surface area (Å²) in [4.78, 5) is 0. The molecule has 0 bridgehead atoms. The first-order valence-corrected chi connectivity index (χ1v) is 14.7. The van der Waals surface area contributed by atoms with Gasteiger partial charge in [-0.15, -0.1) is 0 Å². The van der Waals surface area contributed by atoms with Crippen LogP contribution in [0.25, 0.3) is 0 Å².